The number of anilines is 1. The minimum atomic E-state index is 0.487. The molecule has 7 heteroatoms. The summed E-state index contributed by atoms with van der Waals surface area (Å²) < 4.78 is 1.61. The Kier molecular flexibility index (Phi) is 4.44. The van der Waals surface area contributed by atoms with Crippen molar-refractivity contribution < 1.29 is 0 Å². The van der Waals surface area contributed by atoms with Crippen molar-refractivity contribution in [1.29, 1.82) is 0 Å². The van der Waals surface area contributed by atoms with Gasteiger partial charge >= 0.3 is 0 Å². The lowest BCUT2D eigenvalue weighted by Gasteiger charge is -2.07. The van der Waals surface area contributed by atoms with Crippen LogP contribution in [0.25, 0.3) is 27.5 Å². The monoisotopic (exact) mass is 400 g/mol. The molecule has 0 atom stereocenters. The second kappa shape index (κ2) is 6.76. The number of thiazole rings is 1. The molecule has 0 saturated heterocycles. The minimum absolute atomic E-state index is 0.487. The van der Waals surface area contributed by atoms with E-state index < -0.39 is 0 Å². The Labute approximate surface area is 164 Å². The number of hydrogen-bond acceptors (Lipinski definition) is 4. The molecule has 0 amide bonds. The average Bonchev–Trinajstić information content (AvgIpc) is 3.22. The summed E-state index contributed by atoms with van der Waals surface area (Å²) in [6, 6.07) is 15.2. The van der Waals surface area contributed by atoms with Gasteiger partial charge in [-0.15, -0.1) is 11.3 Å². The Morgan fingerprint density at radius 3 is 2.62 bits per heavy atom. The van der Waals surface area contributed by atoms with Crippen LogP contribution in [0.2, 0.25) is 10.0 Å². The van der Waals surface area contributed by atoms with Crippen LogP contribution in [0, 0.1) is 6.92 Å². The van der Waals surface area contributed by atoms with E-state index in [0.29, 0.717) is 21.6 Å². The van der Waals surface area contributed by atoms with Gasteiger partial charge in [0.1, 0.15) is 10.8 Å². The summed E-state index contributed by atoms with van der Waals surface area (Å²) in [6.45, 7) is 1.91. The summed E-state index contributed by atoms with van der Waals surface area (Å²) in [5, 5.41) is 8.50. The van der Waals surface area contributed by atoms with Crippen LogP contribution in [0.4, 0.5) is 5.82 Å². The van der Waals surface area contributed by atoms with Crippen LogP contribution in [-0.4, -0.2) is 14.8 Å². The fourth-order valence-electron chi connectivity index (χ4n) is 2.77. The molecular formula is C19H14Cl2N4S. The number of halogens is 2. The highest BCUT2D eigenvalue weighted by atomic mass is 35.5. The molecule has 26 heavy (non-hydrogen) atoms. The molecule has 0 aliphatic carbocycles. The number of aromatic nitrogens is 3. The van der Waals surface area contributed by atoms with Gasteiger partial charge in [0.15, 0.2) is 0 Å². The number of nitrogen functional groups attached to an aromatic ring is 1. The smallest absolute Gasteiger partial charge is 0.137 e. The molecule has 0 radical (unpaired) electrons. The maximum absolute atomic E-state index is 6.40. The molecule has 4 nitrogen and oxygen atoms in total. The van der Waals surface area contributed by atoms with Crippen LogP contribution in [0.3, 0.4) is 0 Å². The van der Waals surface area contributed by atoms with Crippen molar-refractivity contribution in [2.45, 2.75) is 6.92 Å². The highest BCUT2D eigenvalue weighted by Gasteiger charge is 2.20. The summed E-state index contributed by atoms with van der Waals surface area (Å²) in [6.07, 6.45) is 0. The van der Waals surface area contributed by atoms with Crippen LogP contribution in [0.1, 0.15) is 5.69 Å². The molecule has 4 rings (SSSR count). The van der Waals surface area contributed by atoms with Gasteiger partial charge in [-0.1, -0.05) is 53.5 Å². The van der Waals surface area contributed by atoms with E-state index in [-0.39, 0.29) is 0 Å². The van der Waals surface area contributed by atoms with Crippen molar-refractivity contribution in [3.05, 3.63) is 69.7 Å². The number of rotatable bonds is 3. The number of hydrogen-bond donors (Lipinski definition) is 1. The van der Waals surface area contributed by atoms with Crippen molar-refractivity contribution in [3.8, 4) is 27.5 Å². The summed E-state index contributed by atoms with van der Waals surface area (Å²) in [7, 11) is 0. The zero-order chi connectivity index (χ0) is 18.3. The molecule has 2 heterocycles. The highest BCUT2D eigenvalue weighted by Crippen LogP contribution is 2.37. The van der Waals surface area contributed by atoms with Gasteiger partial charge in [0, 0.05) is 16.0 Å². The Morgan fingerprint density at radius 2 is 1.85 bits per heavy atom. The molecule has 0 spiro atoms. The Balaban J connectivity index is 1.81. The fraction of sp³-hybridized carbons (Fsp3) is 0.0526. The average molecular weight is 401 g/mol. The normalized spacial score (nSPS) is 11.0. The molecular weight excluding hydrogens is 387 g/mol. The highest BCUT2D eigenvalue weighted by molar-refractivity contribution is 7.13. The maximum Gasteiger partial charge on any atom is 0.137 e. The molecule has 2 aromatic carbocycles. The third-order valence-electron chi connectivity index (χ3n) is 4.02. The largest absolute Gasteiger partial charge is 0.383 e. The van der Waals surface area contributed by atoms with Gasteiger partial charge < -0.3 is 5.73 Å². The van der Waals surface area contributed by atoms with E-state index in [2.05, 4.69) is 5.10 Å². The molecule has 2 N–H and O–H groups in total. The molecule has 0 aliphatic rings. The Hall–Kier alpha value is -2.34. The van der Waals surface area contributed by atoms with Crippen molar-refractivity contribution in [1.82, 2.24) is 14.8 Å². The van der Waals surface area contributed by atoms with E-state index in [9.17, 15) is 0 Å². The van der Waals surface area contributed by atoms with E-state index in [1.807, 2.05) is 42.6 Å². The van der Waals surface area contributed by atoms with Gasteiger partial charge in [0.2, 0.25) is 0 Å². The molecule has 0 aliphatic heterocycles. The van der Waals surface area contributed by atoms with Crippen molar-refractivity contribution in [3.63, 3.8) is 0 Å². The lowest BCUT2D eigenvalue weighted by molar-refractivity contribution is 0.872. The first kappa shape index (κ1) is 17.1. The molecule has 0 bridgehead atoms. The zero-order valence-electron chi connectivity index (χ0n) is 13.8. The first-order valence-corrected chi connectivity index (χ1v) is 9.50. The van der Waals surface area contributed by atoms with Crippen molar-refractivity contribution >= 4 is 40.4 Å². The van der Waals surface area contributed by atoms with Crippen LogP contribution >= 0.6 is 34.5 Å². The van der Waals surface area contributed by atoms with Gasteiger partial charge in [-0.25, -0.2) is 9.67 Å². The number of benzene rings is 2. The predicted octanol–water partition coefficient (Wildman–Crippen LogP) is 5.86. The third-order valence-corrected chi connectivity index (χ3v) is 5.43. The van der Waals surface area contributed by atoms with Crippen LogP contribution in [-0.2, 0) is 0 Å². The molecule has 130 valence electrons. The summed E-state index contributed by atoms with van der Waals surface area (Å²) >= 11 is 13.9. The second-order valence-electron chi connectivity index (χ2n) is 5.76. The predicted molar refractivity (Wildman–Crippen MR) is 109 cm³/mol. The Bertz CT molecular complexity index is 1090. The SMILES string of the molecule is Cc1nn(-c2cc(Cl)ccc2Cl)c(N)c1-c1nc(-c2ccccc2)cs1. The van der Waals surface area contributed by atoms with Crippen LogP contribution < -0.4 is 5.73 Å². The summed E-state index contributed by atoms with van der Waals surface area (Å²) in [4.78, 5) is 4.75. The number of nitrogens with two attached hydrogens (primary N) is 1. The minimum Gasteiger partial charge on any atom is -0.383 e. The summed E-state index contributed by atoms with van der Waals surface area (Å²) in [5.74, 6) is 0.487. The molecule has 0 saturated carbocycles. The van der Waals surface area contributed by atoms with Crippen molar-refractivity contribution in [2.75, 3.05) is 5.73 Å². The van der Waals surface area contributed by atoms with Crippen LogP contribution in [0.15, 0.2) is 53.9 Å². The maximum atomic E-state index is 6.40. The van der Waals surface area contributed by atoms with E-state index in [1.54, 1.807) is 22.9 Å². The van der Waals surface area contributed by atoms with E-state index in [4.69, 9.17) is 33.9 Å². The summed E-state index contributed by atoms with van der Waals surface area (Å²) in [5.41, 5.74) is 10.6. The van der Waals surface area contributed by atoms with Gasteiger partial charge in [-0.2, -0.15) is 5.10 Å². The van der Waals surface area contributed by atoms with E-state index in [0.717, 1.165) is 27.5 Å². The lowest BCUT2D eigenvalue weighted by Crippen LogP contribution is -2.03. The van der Waals surface area contributed by atoms with E-state index in [1.165, 1.54) is 11.3 Å². The third kappa shape index (κ3) is 2.98. The number of aryl methyl sites for hydroxylation is 1. The first-order valence-electron chi connectivity index (χ1n) is 7.86. The van der Waals surface area contributed by atoms with Gasteiger partial charge in [-0.05, 0) is 25.1 Å². The lowest BCUT2D eigenvalue weighted by atomic mass is 10.2. The number of nitrogens with zero attached hydrogens (tertiary/aromatic N) is 3. The molecule has 4 aromatic rings. The standard InChI is InChI=1S/C19H14Cl2N4S/c1-11-17(19-23-15(10-26-19)12-5-3-2-4-6-12)18(22)25(24-11)16-9-13(20)7-8-14(16)21/h2-10H,22H2,1H3. The molecule has 0 fully saturated rings. The quantitative estimate of drug-likeness (QED) is 0.468. The van der Waals surface area contributed by atoms with Crippen molar-refractivity contribution in [2.24, 2.45) is 0 Å². The Morgan fingerprint density at radius 1 is 1.08 bits per heavy atom. The first-order chi connectivity index (χ1) is 12.5. The molecule has 0 unspecified atom stereocenters. The topological polar surface area (TPSA) is 56.7 Å². The van der Waals surface area contributed by atoms with Gasteiger partial charge in [-0.3, -0.25) is 0 Å². The van der Waals surface area contributed by atoms with Gasteiger partial charge in [0.25, 0.3) is 0 Å². The molecule has 2 aromatic heterocycles. The zero-order valence-corrected chi connectivity index (χ0v) is 16.1. The van der Waals surface area contributed by atoms with Gasteiger partial charge in [0.05, 0.1) is 27.7 Å². The van der Waals surface area contributed by atoms with Crippen LogP contribution in [0.5, 0.6) is 0 Å². The van der Waals surface area contributed by atoms with E-state index >= 15 is 0 Å². The second-order valence-corrected chi connectivity index (χ2v) is 7.46. The fourth-order valence-corrected chi connectivity index (χ4v) is 4.07.